The van der Waals surface area contributed by atoms with Crippen LogP contribution in [0.1, 0.15) is 21.2 Å². The number of rotatable bonds is 9. The van der Waals surface area contributed by atoms with Gasteiger partial charge >= 0.3 is 0 Å². The predicted octanol–water partition coefficient (Wildman–Crippen LogP) is 6.57. The van der Waals surface area contributed by atoms with Crippen molar-refractivity contribution in [3.8, 4) is 11.5 Å². The zero-order chi connectivity index (χ0) is 26.2. The second-order valence-corrected chi connectivity index (χ2v) is 9.10. The highest BCUT2D eigenvalue weighted by atomic mass is 32.2. The minimum atomic E-state index is -0.551. The number of carbonyl (C=O) groups excluding carboxylic acids is 2. The van der Waals surface area contributed by atoms with Crippen LogP contribution in [0.5, 0.6) is 11.5 Å². The molecule has 4 aromatic rings. The Hall–Kier alpha value is -4.30. The van der Waals surface area contributed by atoms with E-state index in [1.165, 1.54) is 50.2 Å². The molecule has 1 atom stereocenters. The van der Waals surface area contributed by atoms with Crippen molar-refractivity contribution in [2.24, 2.45) is 0 Å². The summed E-state index contributed by atoms with van der Waals surface area (Å²) >= 11 is 1.37. The van der Waals surface area contributed by atoms with Crippen LogP contribution >= 0.6 is 11.8 Å². The van der Waals surface area contributed by atoms with Crippen LogP contribution in [0.15, 0.2) is 102 Å². The number of methoxy groups -OCH3 is 2. The van der Waals surface area contributed by atoms with Crippen LogP contribution in [0.4, 0.5) is 15.8 Å². The molecule has 0 aliphatic carbocycles. The van der Waals surface area contributed by atoms with Crippen molar-refractivity contribution in [3.63, 3.8) is 0 Å². The van der Waals surface area contributed by atoms with Gasteiger partial charge in [-0.3, -0.25) is 9.59 Å². The van der Waals surface area contributed by atoms with Gasteiger partial charge < -0.3 is 20.1 Å². The van der Waals surface area contributed by atoms with Crippen molar-refractivity contribution in [1.82, 2.24) is 0 Å². The smallest absolute Gasteiger partial charge is 0.263 e. The Kier molecular flexibility index (Phi) is 8.43. The molecule has 4 rings (SSSR count). The monoisotopic (exact) mass is 516 g/mol. The molecule has 0 radical (unpaired) electrons. The normalized spacial score (nSPS) is 11.3. The lowest BCUT2D eigenvalue weighted by molar-refractivity contribution is -0.115. The van der Waals surface area contributed by atoms with Crippen LogP contribution < -0.4 is 20.1 Å². The Bertz CT molecular complexity index is 1340. The van der Waals surface area contributed by atoms with Gasteiger partial charge in [0, 0.05) is 16.3 Å². The number of thioether (sulfide) groups is 1. The summed E-state index contributed by atoms with van der Waals surface area (Å²) in [6, 6.07) is 27.4. The summed E-state index contributed by atoms with van der Waals surface area (Å²) in [7, 11) is 2.99. The maximum Gasteiger partial charge on any atom is 0.263 e. The molecule has 37 heavy (non-hydrogen) atoms. The highest BCUT2D eigenvalue weighted by Crippen LogP contribution is 2.37. The molecule has 0 aliphatic rings. The maximum atomic E-state index is 13.3. The lowest BCUT2D eigenvalue weighted by Gasteiger charge is -2.17. The average Bonchev–Trinajstić information content (AvgIpc) is 2.93. The Morgan fingerprint density at radius 2 is 1.30 bits per heavy atom. The van der Waals surface area contributed by atoms with Gasteiger partial charge in [0.1, 0.15) is 28.1 Å². The van der Waals surface area contributed by atoms with Gasteiger partial charge in [0.2, 0.25) is 5.91 Å². The first kappa shape index (κ1) is 25.8. The molecule has 0 aliphatic heterocycles. The summed E-state index contributed by atoms with van der Waals surface area (Å²) < 4.78 is 23.9. The summed E-state index contributed by atoms with van der Waals surface area (Å²) in [5, 5.41) is 5.17. The molecule has 0 heterocycles. The Morgan fingerprint density at radius 1 is 0.730 bits per heavy atom. The minimum absolute atomic E-state index is 0.233. The molecule has 6 nitrogen and oxygen atoms in total. The average molecular weight is 517 g/mol. The second-order valence-electron chi connectivity index (χ2n) is 7.92. The third-order valence-corrected chi connectivity index (χ3v) is 6.74. The first-order valence-electron chi connectivity index (χ1n) is 11.4. The molecule has 1 unspecified atom stereocenters. The third-order valence-electron chi connectivity index (χ3n) is 5.47. The SMILES string of the molecule is COc1cccc(OC)c1C(=O)Nc1ccc(SC(C(=O)Nc2ccc(F)cc2)c2ccccc2)cc1. The van der Waals surface area contributed by atoms with Crippen LogP contribution in [0.3, 0.4) is 0 Å². The molecule has 0 spiro atoms. The number of amides is 2. The van der Waals surface area contributed by atoms with Gasteiger partial charge in [-0.15, -0.1) is 11.8 Å². The molecule has 0 bridgehead atoms. The predicted molar refractivity (Wildman–Crippen MR) is 144 cm³/mol. The van der Waals surface area contributed by atoms with E-state index in [2.05, 4.69) is 10.6 Å². The van der Waals surface area contributed by atoms with E-state index in [4.69, 9.17) is 9.47 Å². The number of nitrogens with one attached hydrogen (secondary N) is 2. The molecule has 0 saturated heterocycles. The van der Waals surface area contributed by atoms with E-state index in [0.717, 1.165) is 10.5 Å². The fourth-order valence-corrected chi connectivity index (χ4v) is 4.69. The largest absolute Gasteiger partial charge is 0.496 e. The van der Waals surface area contributed by atoms with Gasteiger partial charge in [-0.1, -0.05) is 36.4 Å². The quantitative estimate of drug-likeness (QED) is 0.246. The molecule has 2 amide bonds. The summed E-state index contributed by atoms with van der Waals surface area (Å²) in [6.07, 6.45) is 0. The van der Waals surface area contributed by atoms with E-state index in [9.17, 15) is 14.0 Å². The summed E-state index contributed by atoms with van der Waals surface area (Å²) in [4.78, 5) is 27.0. The molecule has 0 saturated carbocycles. The number of carbonyl (C=O) groups is 2. The molecular formula is C29H25FN2O4S. The van der Waals surface area contributed by atoms with Gasteiger partial charge in [-0.25, -0.2) is 4.39 Å². The number of benzene rings is 4. The number of hydrogen-bond donors (Lipinski definition) is 2. The lowest BCUT2D eigenvalue weighted by atomic mass is 10.1. The van der Waals surface area contributed by atoms with Gasteiger partial charge in [0.25, 0.3) is 5.91 Å². The molecule has 2 N–H and O–H groups in total. The fourth-order valence-electron chi connectivity index (χ4n) is 3.66. The standard InChI is InChI=1S/C29H25FN2O4S/c1-35-24-9-6-10-25(36-2)26(24)28(33)31-22-15-17-23(18-16-22)37-27(19-7-4-3-5-8-19)29(34)32-21-13-11-20(30)12-14-21/h3-18,27H,1-2H3,(H,31,33)(H,32,34). The fraction of sp³-hybridized carbons (Fsp3) is 0.103. The van der Waals surface area contributed by atoms with Gasteiger partial charge in [0.05, 0.1) is 14.2 Å². The Balaban J connectivity index is 1.50. The molecule has 188 valence electrons. The Labute approximate surface area is 218 Å². The van der Waals surface area contributed by atoms with Crippen molar-refractivity contribution in [3.05, 3.63) is 114 Å². The van der Waals surface area contributed by atoms with Gasteiger partial charge in [-0.05, 0) is 66.2 Å². The van der Waals surface area contributed by atoms with Crippen molar-refractivity contribution in [2.45, 2.75) is 10.1 Å². The van der Waals surface area contributed by atoms with E-state index in [-0.39, 0.29) is 17.6 Å². The van der Waals surface area contributed by atoms with Crippen molar-refractivity contribution in [2.75, 3.05) is 24.9 Å². The van der Waals surface area contributed by atoms with E-state index in [1.54, 1.807) is 30.3 Å². The topological polar surface area (TPSA) is 76.7 Å². The van der Waals surface area contributed by atoms with Crippen molar-refractivity contribution < 1.29 is 23.5 Å². The van der Waals surface area contributed by atoms with Crippen LogP contribution in [-0.4, -0.2) is 26.0 Å². The number of halogens is 1. The highest BCUT2D eigenvalue weighted by molar-refractivity contribution is 8.00. The van der Waals surface area contributed by atoms with E-state index >= 15 is 0 Å². The Morgan fingerprint density at radius 3 is 1.89 bits per heavy atom. The number of hydrogen-bond acceptors (Lipinski definition) is 5. The van der Waals surface area contributed by atoms with Crippen LogP contribution in [0.2, 0.25) is 0 Å². The van der Waals surface area contributed by atoms with Crippen molar-refractivity contribution >= 4 is 35.0 Å². The molecular weight excluding hydrogens is 491 g/mol. The molecule has 4 aromatic carbocycles. The van der Waals surface area contributed by atoms with Crippen LogP contribution in [0, 0.1) is 5.82 Å². The van der Waals surface area contributed by atoms with Crippen molar-refractivity contribution in [1.29, 1.82) is 0 Å². The van der Waals surface area contributed by atoms with Crippen LogP contribution in [-0.2, 0) is 4.79 Å². The van der Waals surface area contributed by atoms with Gasteiger partial charge in [0.15, 0.2) is 0 Å². The first-order chi connectivity index (χ1) is 18.0. The summed E-state index contributed by atoms with van der Waals surface area (Å²) in [5.74, 6) is -0.161. The molecule has 8 heteroatoms. The van der Waals surface area contributed by atoms with Crippen LogP contribution in [0.25, 0.3) is 0 Å². The highest BCUT2D eigenvalue weighted by Gasteiger charge is 2.23. The molecule has 0 aromatic heterocycles. The zero-order valence-corrected chi connectivity index (χ0v) is 21.1. The van der Waals surface area contributed by atoms with Gasteiger partial charge in [-0.2, -0.15) is 0 Å². The summed E-state index contributed by atoms with van der Waals surface area (Å²) in [5.41, 5.74) is 2.22. The third kappa shape index (κ3) is 6.48. The van der Waals surface area contributed by atoms with E-state index in [0.29, 0.717) is 28.4 Å². The maximum absolute atomic E-state index is 13.3. The number of anilines is 2. The lowest BCUT2D eigenvalue weighted by Crippen LogP contribution is -2.19. The summed E-state index contributed by atoms with van der Waals surface area (Å²) in [6.45, 7) is 0. The zero-order valence-electron chi connectivity index (χ0n) is 20.2. The molecule has 0 fully saturated rings. The van der Waals surface area contributed by atoms with E-state index in [1.807, 2.05) is 42.5 Å². The first-order valence-corrected chi connectivity index (χ1v) is 12.3. The minimum Gasteiger partial charge on any atom is -0.496 e. The number of ether oxygens (including phenoxy) is 2. The second kappa shape index (κ2) is 12.1. The van der Waals surface area contributed by atoms with E-state index < -0.39 is 5.25 Å².